The molecule has 0 aromatic heterocycles. The summed E-state index contributed by atoms with van der Waals surface area (Å²) in [7, 11) is 0. The number of rotatable bonds is 15. The van der Waals surface area contributed by atoms with Crippen molar-refractivity contribution in [2.45, 2.75) is 70.1 Å². The van der Waals surface area contributed by atoms with Crippen molar-refractivity contribution in [1.29, 1.82) is 0 Å². The van der Waals surface area contributed by atoms with E-state index in [4.69, 9.17) is 41.9 Å². The van der Waals surface area contributed by atoms with E-state index in [1.54, 1.807) is 0 Å². The van der Waals surface area contributed by atoms with Crippen molar-refractivity contribution in [2.75, 3.05) is 33.2 Å². The van der Waals surface area contributed by atoms with Gasteiger partial charge >= 0.3 is 0 Å². The molecule has 0 amide bonds. The van der Waals surface area contributed by atoms with E-state index in [1.165, 1.54) is 0 Å². The Morgan fingerprint density at radius 3 is 2.00 bits per heavy atom. The minimum absolute atomic E-state index is 0.112. The van der Waals surface area contributed by atoms with Gasteiger partial charge in [0, 0.05) is 28.7 Å². The number of benzene rings is 1. The average molecular weight is 427 g/mol. The average Bonchev–Trinajstić information content (AvgIpc) is 2.63. The Kier molecular flexibility index (Phi) is 10.8. The molecule has 3 atom stereocenters. The molecule has 174 valence electrons. The van der Waals surface area contributed by atoms with Crippen molar-refractivity contribution in [2.24, 2.45) is 22.9 Å². The Balaban J connectivity index is 2.76. The minimum atomic E-state index is -0.705. The van der Waals surface area contributed by atoms with Gasteiger partial charge in [-0.15, -0.1) is 0 Å². The van der Waals surface area contributed by atoms with Crippen LogP contribution in [-0.2, 0) is 18.9 Å². The van der Waals surface area contributed by atoms with E-state index in [9.17, 15) is 0 Å². The van der Waals surface area contributed by atoms with Crippen LogP contribution in [0.1, 0.15) is 52.9 Å². The van der Waals surface area contributed by atoms with Crippen LogP contribution >= 0.6 is 0 Å². The number of nitrogens with two attached hydrogens (primary N) is 4. The molecular weight excluding hydrogens is 384 g/mol. The summed E-state index contributed by atoms with van der Waals surface area (Å²) in [5, 5.41) is 0. The predicted octanol–water partition coefficient (Wildman–Crippen LogP) is 1.62. The maximum absolute atomic E-state index is 6.55. The van der Waals surface area contributed by atoms with E-state index >= 15 is 0 Å². The number of ether oxygens (including phenoxy) is 4. The van der Waals surface area contributed by atoms with Crippen molar-refractivity contribution in [3.05, 3.63) is 35.9 Å². The fourth-order valence-corrected chi connectivity index (χ4v) is 2.70. The highest BCUT2D eigenvalue weighted by molar-refractivity contribution is 5.16. The normalized spacial score (nSPS) is 16.8. The van der Waals surface area contributed by atoms with Crippen LogP contribution in [0.2, 0.25) is 0 Å². The van der Waals surface area contributed by atoms with Crippen LogP contribution in [0.25, 0.3) is 0 Å². The van der Waals surface area contributed by atoms with Crippen molar-refractivity contribution in [3.8, 4) is 0 Å². The highest BCUT2D eigenvalue weighted by atomic mass is 16.7. The third kappa shape index (κ3) is 11.3. The zero-order valence-corrected chi connectivity index (χ0v) is 19.2. The molecule has 0 heterocycles. The van der Waals surface area contributed by atoms with Crippen LogP contribution in [-0.4, -0.2) is 55.9 Å². The van der Waals surface area contributed by atoms with Crippen molar-refractivity contribution in [3.63, 3.8) is 0 Å². The lowest BCUT2D eigenvalue weighted by Crippen LogP contribution is -2.54. The van der Waals surface area contributed by atoms with Gasteiger partial charge in [-0.3, -0.25) is 0 Å². The Labute approximate surface area is 181 Å². The monoisotopic (exact) mass is 426 g/mol. The van der Waals surface area contributed by atoms with Gasteiger partial charge in [-0.25, -0.2) is 0 Å². The Morgan fingerprint density at radius 2 is 1.47 bits per heavy atom. The van der Waals surface area contributed by atoms with Gasteiger partial charge in [0.25, 0.3) is 0 Å². The number of hydrogen-bond donors (Lipinski definition) is 4. The second kappa shape index (κ2) is 12.1. The molecule has 0 aliphatic carbocycles. The van der Waals surface area contributed by atoms with Gasteiger partial charge in [-0.2, -0.15) is 0 Å². The van der Waals surface area contributed by atoms with Crippen molar-refractivity contribution < 1.29 is 18.9 Å². The van der Waals surface area contributed by atoms with Crippen LogP contribution in [0, 0.1) is 0 Å². The van der Waals surface area contributed by atoms with E-state index in [0.29, 0.717) is 26.2 Å². The summed E-state index contributed by atoms with van der Waals surface area (Å²) in [6.07, 6.45) is -0.421. The van der Waals surface area contributed by atoms with Crippen LogP contribution in [0.15, 0.2) is 30.3 Å². The van der Waals surface area contributed by atoms with Gasteiger partial charge in [0.05, 0.1) is 25.9 Å². The van der Waals surface area contributed by atoms with E-state index in [-0.39, 0.29) is 19.5 Å². The van der Waals surface area contributed by atoms with Gasteiger partial charge in [-0.05, 0) is 41.0 Å². The summed E-state index contributed by atoms with van der Waals surface area (Å²) >= 11 is 0. The summed E-state index contributed by atoms with van der Waals surface area (Å²) in [5.41, 5.74) is 23.5. The third-order valence-electron chi connectivity index (χ3n) is 4.34. The lowest BCUT2D eigenvalue weighted by atomic mass is 9.87. The summed E-state index contributed by atoms with van der Waals surface area (Å²) in [6.45, 7) is 11.1. The van der Waals surface area contributed by atoms with Crippen molar-refractivity contribution in [1.82, 2.24) is 0 Å². The molecule has 0 aliphatic heterocycles. The molecule has 0 fully saturated rings. The summed E-state index contributed by atoms with van der Waals surface area (Å²) < 4.78 is 23.2. The fourth-order valence-electron chi connectivity index (χ4n) is 2.70. The van der Waals surface area contributed by atoms with Crippen LogP contribution in [0.4, 0.5) is 0 Å². The lowest BCUT2D eigenvalue weighted by Gasteiger charge is -2.37. The van der Waals surface area contributed by atoms with E-state index < -0.39 is 22.9 Å². The maximum Gasteiger partial charge on any atom is 0.183 e. The molecule has 0 spiro atoms. The second-order valence-electron chi connectivity index (χ2n) is 9.50. The molecule has 0 bridgehead atoms. The zero-order valence-electron chi connectivity index (χ0n) is 19.2. The molecule has 8 N–H and O–H groups in total. The van der Waals surface area contributed by atoms with E-state index in [0.717, 1.165) is 5.56 Å². The summed E-state index contributed by atoms with van der Waals surface area (Å²) in [5.74, 6) is 0. The fraction of sp³-hybridized carbons (Fsp3) is 0.727. The van der Waals surface area contributed by atoms with Gasteiger partial charge in [0.2, 0.25) is 0 Å². The molecule has 1 rings (SSSR count). The molecule has 3 unspecified atom stereocenters. The largest absolute Gasteiger partial charge is 0.354 e. The lowest BCUT2D eigenvalue weighted by molar-refractivity contribution is -0.168. The Morgan fingerprint density at radius 1 is 0.867 bits per heavy atom. The first kappa shape index (κ1) is 26.9. The molecule has 0 saturated heterocycles. The molecule has 8 heteroatoms. The van der Waals surface area contributed by atoms with Crippen molar-refractivity contribution >= 4 is 0 Å². The first-order valence-electron chi connectivity index (χ1n) is 10.4. The van der Waals surface area contributed by atoms with Gasteiger partial charge in [0.15, 0.2) is 6.29 Å². The maximum atomic E-state index is 6.55. The molecule has 1 aromatic rings. The molecule has 0 radical (unpaired) electrons. The van der Waals surface area contributed by atoms with Crippen LogP contribution in [0.3, 0.4) is 0 Å². The zero-order chi connectivity index (χ0) is 22.8. The molecule has 8 nitrogen and oxygen atoms in total. The summed E-state index contributed by atoms with van der Waals surface area (Å²) in [6, 6.07) is 9.72. The third-order valence-corrected chi connectivity index (χ3v) is 4.34. The first-order valence-corrected chi connectivity index (χ1v) is 10.4. The van der Waals surface area contributed by atoms with Gasteiger partial charge in [0.1, 0.15) is 6.79 Å². The first-order chi connectivity index (χ1) is 13.8. The smallest absolute Gasteiger partial charge is 0.183 e. The Hall–Kier alpha value is -1.10. The molecule has 0 aliphatic rings. The van der Waals surface area contributed by atoms with Crippen LogP contribution in [0.5, 0.6) is 0 Å². The molecule has 30 heavy (non-hydrogen) atoms. The van der Waals surface area contributed by atoms with E-state index in [2.05, 4.69) is 0 Å². The minimum Gasteiger partial charge on any atom is -0.354 e. The topological polar surface area (TPSA) is 141 Å². The molecular formula is C22H42N4O4. The molecule has 0 saturated carbocycles. The second-order valence-corrected chi connectivity index (χ2v) is 9.50. The van der Waals surface area contributed by atoms with Crippen LogP contribution < -0.4 is 22.9 Å². The highest BCUT2D eigenvalue weighted by Gasteiger charge is 2.34. The summed E-state index contributed by atoms with van der Waals surface area (Å²) in [4.78, 5) is 0. The standard InChI is InChI=1S/C22H42N4O4/c1-20(2,24)14-28-19(17-9-7-6-8-10-17)29-15-22(5,26)13-18(21(3,4)25)30-16-27-12-11-23/h6-10,18-19H,11-16,23-26H2,1-5H3. The van der Waals surface area contributed by atoms with Gasteiger partial charge in [-0.1, -0.05) is 30.3 Å². The predicted molar refractivity (Wildman–Crippen MR) is 120 cm³/mol. The number of hydrogen-bond acceptors (Lipinski definition) is 8. The quantitative estimate of drug-likeness (QED) is 0.245. The molecule has 1 aromatic carbocycles. The van der Waals surface area contributed by atoms with Gasteiger partial charge < -0.3 is 41.9 Å². The highest BCUT2D eigenvalue weighted by Crippen LogP contribution is 2.25. The SMILES string of the molecule is CC(C)(N)COC(OCC(C)(N)CC(OCOCCN)C(C)(C)N)c1ccccc1. The van der Waals surface area contributed by atoms with E-state index in [1.807, 2.05) is 65.0 Å². The Bertz CT molecular complexity index is 585.